The van der Waals surface area contributed by atoms with Gasteiger partial charge in [0.15, 0.2) is 11.6 Å². The van der Waals surface area contributed by atoms with Crippen molar-refractivity contribution in [2.45, 2.75) is 43.8 Å². The van der Waals surface area contributed by atoms with Gasteiger partial charge >= 0.3 is 11.9 Å². The number of carbonyl (C=O) groups is 3. The quantitative estimate of drug-likeness (QED) is 0.400. The maximum atomic E-state index is 11.9. The fraction of sp³-hybridized carbons (Fsp3) is 0.471. The Hall–Kier alpha value is -2.77. The Balaban J connectivity index is 1.88. The van der Waals surface area contributed by atoms with Crippen LogP contribution in [0.2, 0.25) is 0 Å². The molecule has 2 aliphatic rings. The van der Waals surface area contributed by atoms with Gasteiger partial charge in [0.25, 0.3) is 5.91 Å². The molecule has 4 rings (SSSR count). The number of nitrogens with two attached hydrogens (primary N) is 1. The molecule has 1 saturated heterocycles. The van der Waals surface area contributed by atoms with Crippen LogP contribution in [0.4, 0.5) is 0 Å². The summed E-state index contributed by atoms with van der Waals surface area (Å²) in [5.74, 6) is -2.02. The number of carbonyl (C=O) groups excluding carboxylic acids is 3. The predicted molar refractivity (Wildman–Crippen MR) is 101 cm³/mol. The third-order valence-corrected chi connectivity index (χ3v) is 5.86. The summed E-state index contributed by atoms with van der Waals surface area (Å²) < 4.78 is 18.6. The minimum absolute atomic E-state index is 0.0508. The Labute approximate surface area is 176 Å². The van der Waals surface area contributed by atoms with Gasteiger partial charge in [0.2, 0.25) is 5.60 Å². The van der Waals surface area contributed by atoms with Gasteiger partial charge in [-0.2, -0.15) is 0 Å². The second kappa shape index (κ2) is 6.89. The first-order valence-electron chi connectivity index (χ1n) is 8.89. The number of H-pyrrole nitrogens is 1. The van der Waals surface area contributed by atoms with E-state index in [0.29, 0.717) is 5.65 Å². The number of fused-ring (bicyclic) bond motifs is 2. The van der Waals surface area contributed by atoms with E-state index in [1.807, 2.05) is 0 Å². The van der Waals surface area contributed by atoms with Crippen molar-refractivity contribution in [3.05, 3.63) is 22.0 Å². The summed E-state index contributed by atoms with van der Waals surface area (Å²) >= 11 is 3.23. The van der Waals surface area contributed by atoms with Gasteiger partial charge < -0.3 is 34.6 Å². The van der Waals surface area contributed by atoms with Crippen LogP contribution < -0.4 is 11.2 Å². The number of hydrogen-bond acceptors (Lipinski definition) is 9. The molecular formula is C17H18BrN5O7. The second-order valence-corrected chi connectivity index (χ2v) is 7.90. The number of primary amides is 1. The molecule has 1 aliphatic carbocycles. The summed E-state index contributed by atoms with van der Waals surface area (Å²) in [6, 6.07) is -0.699. The van der Waals surface area contributed by atoms with Crippen LogP contribution >= 0.6 is 15.9 Å². The lowest BCUT2D eigenvalue weighted by Gasteiger charge is -2.28. The van der Waals surface area contributed by atoms with E-state index in [4.69, 9.17) is 25.4 Å². The number of ether oxygens (including phenoxy) is 3. The van der Waals surface area contributed by atoms with E-state index < -0.39 is 54.4 Å². The number of aromatic amines is 1. The Morgan fingerprint density at radius 3 is 2.70 bits per heavy atom. The minimum atomic E-state index is -1.40. The van der Waals surface area contributed by atoms with E-state index in [-0.39, 0.29) is 21.0 Å². The van der Waals surface area contributed by atoms with Crippen molar-refractivity contribution in [2.75, 3.05) is 6.61 Å². The highest BCUT2D eigenvalue weighted by Gasteiger charge is 2.82. The highest BCUT2D eigenvalue weighted by atomic mass is 79.9. The monoisotopic (exact) mass is 483 g/mol. The molecule has 13 heteroatoms. The summed E-state index contributed by atoms with van der Waals surface area (Å²) in [4.78, 5) is 42.4. The molecule has 3 heterocycles. The molecule has 0 bridgehead atoms. The molecule has 0 radical (unpaired) electrons. The molecule has 1 aliphatic heterocycles. The molecule has 1 saturated carbocycles. The number of halogens is 1. The van der Waals surface area contributed by atoms with Crippen LogP contribution in [-0.2, 0) is 23.8 Å². The zero-order valence-electron chi connectivity index (χ0n) is 15.8. The normalized spacial score (nSPS) is 29.5. The SMILES string of the molecule is CC(=O)OC1[C@H](CO)OC2[C@H](n3cnc(=N)c4c(C(N)=O)c(Br)[nH]c43)C12OC(C)=O. The fourth-order valence-corrected chi connectivity index (χ4v) is 4.82. The molecule has 5 N–H and O–H groups in total. The number of nitrogens with zero attached hydrogens (tertiary/aromatic N) is 2. The molecule has 0 aromatic carbocycles. The lowest BCUT2D eigenvalue weighted by molar-refractivity contribution is -0.173. The molecule has 0 spiro atoms. The van der Waals surface area contributed by atoms with Crippen LogP contribution in [0.3, 0.4) is 0 Å². The van der Waals surface area contributed by atoms with Gasteiger partial charge in [-0.3, -0.25) is 19.8 Å². The van der Waals surface area contributed by atoms with Crippen LogP contribution in [0.1, 0.15) is 30.2 Å². The number of nitrogens with one attached hydrogen (secondary N) is 2. The van der Waals surface area contributed by atoms with Gasteiger partial charge in [-0.1, -0.05) is 0 Å². The van der Waals surface area contributed by atoms with Crippen LogP contribution in [0.25, 0.3) is 11.0 Å². The van der Waals surface area contributed by atoms with Crippen molar-refractivity contribution in [1.82, 2.24) is 14.5 Å². The van der Waals surface area contributed by atoms with E-state index in [2.05, 4.69) is 25.9 Å². The summed E-state index contributed by atoms with van der Waals surface area (Å²) in [6.07, 6.45) is -1.38. The maximum absolute atomic E-state index is 11.9. The molecule has 1 amide bonds. The minimum Gasteiger partial charge on any atom is -0.455 e. The van der Waals surface area contributed by atoms with Gasteiger partial charge in [-0.05, 0) is 15.9 Å². The largest absolute Gasteiger partial charge is 0.455 e. The first-order chi connectivity index (χ1) is 14.1. The summed E-state index contributed by atoms with van der Waals surface area (Å²) in [5.41, 5.74) is 4.22. The number of esters is 2. The average Bonchev–Trinajstić information content (AvgIpc) is 2.93. The number of aliphatic hydroxyl groups is 1. The van der Waals surface area contributed by atoms with E-state index in [0.717, 1.165) is 0 Å². The van der Waals surface area contributed by atoms with Crippen molar-refractivity contribution in [3.8, 4) is 0 Å². The zero-order valence-corrected chi connectivity index (χ0v) is 17.4. The van der Waals surface area contributed by atoms with Crippen molar-refractivity contribution in [3.63, 3.8) is 0 Å². The number of aliphatic hydroxyl groups excluding tert-OH is 1. The van der Waals surface area contributed by atoms with Crippen LogP contribution in [0.15, 0.2) is 10.9 Å². The van der Waals surface area contributed by atoms with Crippen molar-refractivity contribution < 1.29 is 33.7 Å². The van der Waals surface area contributed by atoms with Gasteiger partial charge in [0, 0.05) is 13.8 Å². The van der Waals surface area contributed by atoms with Crippen molar-refractivity contribution in [2.24, 2.45) is 5.73 Å². The number of rotatable bonds is 5. The third-order valence-electron chi connectivity index (χ3n) is 5.27. The van der Waals surface area contributed by atoms with E-state index in [1.54, 1.807) is 4.57 Å². The molecule has 160 valence electrons. The second-order valence-electron chi connectivity index (χ2n) is 7.10. The highest BCUT2D eigenvalue weighted by molar-refractivity contribution is 9.10. The van der Waals surface area contributed by atoms with E-state index in [9.17, 15) is 19.5 Å². The Kier molecular flexibility index (Phi) is 4.71. The molecular weight excluding hydrogens is 466 g/mol. The number of aromatic nitrogens is 3. The van der Waals surface area contributed by atoms with Gasteiger partial charge in [-0.25, -0.2) is 4.98 Å². The maximum Gasteiger partial charge on any atom is 0.303 e. The zero-order chi connectivity index (χ0) is 22.0. The molecule has 3 unspecified atom stereocenters. The number of hydrogen-bond donors (Lipinski definition) is 4. The molecule has 2 aromatic heterocycles. The number of amides is 1. The molecule has 2 aromatic rings. The van der Waals surface area contributed by atoms with Gasteiger partial charge in [0.05, 0.1) is 28.5 Å². The fourth-order valence-electron chi connectivity index (χ4n) is 4.24. The van der Waals surface area contributed by atoms with Gasteiger partial charge in [0.1, 0.15) is 23.9 Å². The van der Waals surface area contributed by atoms with Crippen LogP contribution in [-0.4, -0.2) is 68.0 Å². The summed E-state index contributed by atoms with van der Waals surface area (Å²) in [6.45, 7) is 1.96. The predicted octanol–water partition coefficient (Wildman–Crippen LogP) is -0.747. The van der Waals surface area contributed by atoms with Crippen molar-refractivity contribution in [1.29, 1.82) is 5.41 Å². The third kappa shape index (κ3) is 2.76. The van der Waals surface area contributed by atoms with Gasteiger partial charge in [-0.15, -0.1) is 0 Å². The highest BCUT2D eigenvalue weighted by Crippen LogP contribution is 2.62. The smallest absolute Gasteiger partial charge is 0.303 e. The first kappa shape index (κ1) is 20.5. The topological polar surface area (TPSA) is 183 Å². The van der Waals surface area contributed by atoms with E-state index >= 15 is 0 Å². The van der Waals surface area contributed by atoms with Crippen LogP contribution in [0.5, 0.6) is 0 Å². The van der Waals surface area contributed by atoms with E-state index in [1.165, 1.54) is 20.2 Å². The average molecular weight is 484 g/mol. The molecule has 5 atom stereocenters. The summed E-state index contributed by atoms with van der Waals surface area (Å²) in [7, 11) is 0. The lowest BCUT2D eigenvalue weighted by Crippen LogP contribution is -2.45. The Morgan fingerprint density at radius 2 is 2.13 bits per heavy atom. The first-order valence-corrected chi connectivity index (χ1v) is 9.68. The molecule has 12 nitrogen and oxygen atoms in total. The standard InChI is InChI=1S/C17H18BrN5O7/c1-5(25)28-11-7(3-24)29-12-10(17(11,12)30-6(2)26)23-4-21-14(19)9-8(15(20)27)13(18)22-16(9)23/h4,7,10-12,19,22,24H,3H2,1-2H3,(H2,20,27)/t7-,10-,11?,12?,17?/m0/s1. The van der Waals surface area contributed by atoms with Crippen LogP contribution in [0, 0.1) is 5.41 Å². The molecule has 30 heavy (non-hydrogen) atoms. The molecule has 2 fully saturated rings. The Morgan fingerprint density at radius 1 is 1.43 bits per heavy atom. The lowest BCUT2D eigenvalue weighted by atomic mass is 10.1. The summed E-state index contributed by atoms with van der Waals surface area (Å²) in [5, 5.41) is 17.9. The van der Waals surface area contributed by atoms with Crippen molar-refractivity contribution >= 4 is 44.8 Å². The Bertz CT molecular complexity index is 1140.